The van der Waals surface area contributed by atoms with Gasteiger partial charge in [-0.1, -0.05) is 35.5 Å². The molecule has 0 saturated carbocycles. The molecule has 0 radical (unpaired) electrons. The molecule has 6 heteroatoms. The summed E-state index contributed by atoms with van der Waals surface area (Å²) in [5.74, 6) is 2.68. The van der Waals surface area contributed by atoms with Crippen LogP contribution in [0.4, 0.5) is 0 Å². The Labute approximate surface area is 130 Å². The van der Waals surface area contributed by atoms with Crippen LogP contribution in [0, 0.1) is 6.92 Å². The Balaban J connectivity index is 1.58. The van der Waals surface area contributed by atoms with Crippen molar-refractivity contribution < 1.29 is 4.52 Å². The lowest BCUT2D eigenvalue weighted by molar-refractivity contribution is 0.368. The van der Waals surface area contributed by atoms with Gasteiger partial charge in [0.2, 0.25) is 5.89 Å². The lowest BCUT2D eigenvalue weighted by Gasteiger charge is -2.21. The third-order valence-electron chi connectivity index (χ3n) is 3.94. The van der Waals surface area contributed by atoms with Gasteiger partial charge < -0.3 is 14.7 Å². The second-order valence-corrected chi connectivity index (χ2v) is 5.48. The number of aryl methyl sites for hydroxylation is 1. The summed E-state index contributed by atoms with van der Waals surface area (Å²) in [5, 5.41) is 7.08. The first-order valence-corrected chi connectivity index (χ1v) is 7.56. The molecule has 0 spiro atoms. The van der Waals surface area contributed by atoms with Crippen LogP contribution in [-0.2, 0) is 6.54 Å². The van der Waals surface area contributed by atoms with E-state index in [4.69, 9.17) is 4.52 Å². The molecule has 1 N–H and O–H groups in total. The van der Waals surface area contributed by atoms with Crippen LogP contribution in [0.1, 0.15) is 29.6 Å². The predicted molar refractivity (Wildman–Crippen MR) is 84.6 cm³/mol. The molecule has 116 valence electrons. The fourth-order valence-corrected chi connectivity index (χ4v) is 2.85. The van der Waals surface area contributed by atoms with Crippen molar-refractivity contribution >= 4 is 5.96 Å². The zero-order valence-corrected chi connectivity index (χ0v) is 13.0. The van der Waals surface area contributed by atoms with Crippen LogP contribution in [0.5, 0.6) is 0 Å². The topological polar surface area (TPSA) is 66.5 Å². The van der Waals surface area contributed by atoms with Crippen molar-refractivity contribution in [3.63, 3.8) is 0 Å². The van der Waals surface area contributed by atoms with Gasteiger partial charge >= 0.3 is 0 Å². The number of aromatic nitrogens is 2. The van der Waals surface area contributed by atoms with E-state index in [0.29, 0.717) is 24.2 Å². The highest BCUT2D eigenvalue weighted by molar-refractivity contribution is 5.80. The van der Waals surface area contributed by atoms with Crippen LogP contribution < -0.4 is 5.32 Å². The fourth-order valence-electron chi connectivity index (χ4n) is 2.85. The molecule has 1 unspecified atom stereocenters. The standard InChI is InChI=1S/C16H21N5O/c1-12-19-15(22-20-12)10-18-16(17-2)21-9-8-14(11-21)13-6-4-3-5-7-13/h3-7,14H,8-11H2,1-2H3,(H,17,18). The number of guanidine groups is 1. The SMILES string of the molecule is CN=C(NCc1nc(C)no1)N1CCC(c2ccccc2)C1. The summed E-state index contributed by atoms with van der Waals surface area (Å²) in [6, 6.07) is 10.7. The maximum absolute atomic E-state index is 5.12. The van der Waals surface area contributed by atoms with Gasteiger partial charge in [0.25, 0.3) is 0 Å². The largest absolute Gasteiger partial charge is 0.347 e. The van der Waals surface area contributed by atoms with E-state index in [1.165, 1.54) is 5.56 Å². The molecule has 1 aliphatic rings. The highest BCUT2D eigenvalue weighted by Crippen LogP contribution is 2.26. The summed E-state index contributed by atoms with van der Waals surface area (Å²) in [5.41, 5.74) is 1.40. The van der Waals surface area contributed by atoms with E-state index < -0.39 is 0 Å². The Bertz CT molecular complexity index is 637. The van der Waals surface area contributed by atoms with E-state index in [2.05, 4.69) is 55.7 Å². The van der Waals surface area contributed by atoms with E-state index in [-0.39, 0.29) is 0 Å². The first-order valence-electron chi connectivity index (χ1n) is 7.56. The average Bonchev–Trinajstić information content (AvgIpc) is 3.18. The zero-order valence-electron chi connectivity index (χ0n) is 13.0. The molecule has 0 amide bonds. The molecule has 1 aromatic heterocycles. The molecule has 2 heterocycles. The average molecular weight is 299 g/mol. The lowest BCUT2D eigenvalue weighted by Crippen LogP contribution is -2.39. The molecular formula is C16H21N5O. The molecular weight excluding hydrogens is 278 g/mol. The van der Waals surface area contributed by atoms with Gasteiger partial charge in [0, 0.05) is 26.1 Å². The molecule has 1 atom stereocenters. The van der Waals surface area contributed by atoms with E-state index >= 15 is 0 Å². The minimum atomic E-state index is 0.500. The van der Waals surface area contributed by atoms with Gasteiger partial charge in [-0.3, -0.25) is 4.99 Å². The molecule has 1 aliphatic heterocycles. The van der Waals surface area contributed by atoms with Crippen LogP contribution in [0.15, 0.2) is 39.8 Å². The van der Waals surface area contributed by atoms with Crippen molar-refractivity contribution in [2.75, 3.05) is 20.1 Å². The molecule has 1 fully saturated rings. The van der Waals surface area contributed by atoms with Gasteiger partial charge in [-0.25, -0.2) is 0 Å². The van der Waals surface area contributed by atoms with E-state index in [1.807, 2.05) is 6.92 Å². The molecule has 0 aliphatic carbocycles. The van der Waals surface area contributed by atoms with Crippen molar-refractivity contribution in [1.82, 2.24) is 20.4 Å². The second kappa shape index (κ2) is 6.60. The number of nitrogens with zero attached hydrogens (tertiary/aromatic N) is 4. The number of likely N-dealkylation sites (tertiary alicyclic amines) is 1. The second-order valence-electron chi connectivity index (χ2n) is 5.48. The maximum atomic E-state index is 5.12. The van der Waals surface area contributed by atoms with E-state index in [1.54, 1.807) is 7.05 Å². The van der Waals surface area contributed by atoms with Crippen LogP contribution in [0.2, 0.25) is 0 Å². The molecule has 3 rings (SSSR count). The highest BCUT2D eigenvalue weighted by atomic mass is 16.5. The minimum Gasteiger partial charge on any atom is -0.347 e. The first-order chi connectivity index (χ1) is 10.8. The normalized spacial score (nSPS) is 18.7. The monoisotopic (exact) mass is 299 g/mol. The fraction of sp³-hybridized carbons (Fsp3) is 0.438. The van der Waals surface area contributed by atoms with Crippen LogP contribution in [0.3, 0.4) is 0 Å². The van der Waals surface area contributed by atoms with Crippen LogP contribution >= 0.6 is 0 Å². The Morgan fingerprint density at radius 1 is 1.41 bits per heavy atom. The summed E-state index contributed by atoms with van der Waals surface area (Å²) >= 11 is 0. The number of hydrogen-bond donors (Lipinski definition) is 1. The molecule has 6 nitrogen and oxygen atoms in total. The van der Waals surface area contributed by atoms with Gasteiger partial charge in [0.15, 0.2) is 11.8 Å². The van der Waals surface area contributed by atoms with Crippen molar-refractivity contribution in [1.29, 1.82) is 0 Å². The van der Waals surface area contributed by atoms with E-state index in [0.717, 1.165) is 25.5 Å². The maximum Gasteiger partial charge on any atom is 0.246 e. The van der Waals surface area contributed by atoms with Crippen molar-refractivity contribution in [2.24, 2.45) is 4.99 Å². The Kier molecular flexibility index (Phi) is 4.37. The summed E-state index contributed by atoms with van der Waals surface area (Å²) in [6.07, 6.45) is 1.14. The number of hydrogen-bond acceptors (Lipinski definition) is 4. The molecule has 1 saturated heterocycles. The van der Waals surface area contributed by atoms with Crippen LogP contribution in [-0.4, -0.2) is 41.1 Å². The van der Waals surface area contributed by atoms with Gasteiger partial charge in [0.1, 0.15) is 0 Å². The lowest BCUT2D eigenvalue weighted by atomic mass is 9.99. The summed E-state index contributed by atoms with van der Waals surface area (Å²) in [7, 11) is 1.80. The summed E-state index contributed by atoms with van der Waals surface area (Å²) in [4.78, 5) is 10.8. The van der Waals surface area contributed by atoms with Crippen molar-refractivity contribution in [2.45, 2.75) is 25.8 Å². The van der Waals surface area contributed by atoms with E-state index in [9.17, 15) is 0 Å². The van der Waals surface area contributed by atoms with Gasteiger partial charge in [-0.05, 0) is 18.9 Å². The predicted octanol–water partition coefficient (Wildman–Crippen LogP) is 1.94. The van der Waals surface area contributed by atoms with Crippen molar-refractivity contribution in [3.05, 3.63) is 47.6 Å². The Hall–Kier alpha value is -2.37. The zero-order chi connectivity index (χ0) is 15.4. The molecule has 2 aromatic rings. The summed E-state index contributed by atoms with van der Waals surface area (Å²) < 4.78 is 5.12. The minimum absolute atomic E-state index is 0.500. The smallest absolute Gasteiger partial charge is 0.246 e. The number of nitrogens with one attached hydrogen (secondary N) is 1. The highest BCUT2D eigenvalue weighted by Gasteiger charge is 2.26. The Morgan fingerprint density at radius 3 is 2.91 bits per heavy atom. The quantitative estimate of drug-likeness (QED) is 0.693. The van der Waals surface area contributed by atoms with Gasteiger partial charge in [-0.2, -0.15) is 4.98 Å². The number of benzene rings is 1. The third-order valence-corrected chi connectivity index (χ3v) is 3.94. The molecule has 22 heavy (non-hydrogen) atoms. The van der Waals surface area contributed by atoms with Gasteiger partial charge in [0.05, 0.1) is 6.54 Å². The number of rotatable bonds is 3. The third kappa shape index (κ3) is 3.27. The molecule has 1 aromatic carbocycles. The molecule has 0 bridgehead atoms. The number of aliphatic imine (C=N–C) groups is 1. The Morgan fingerprint density at radius 2 is 2.23 bits per heavy atom. The van der Waals surface area contributed by atoms with Crippen molar-refractivity contribution in [3.8, 4) is 0 Å². The van der Waals surface area contributed by atoms with Crippen LogP contribution in [0.25, 0.3) is 0 Å². The first kappa shape index (κ1) is 14.6. The van der Waals surface area contributed by atoms with Gasteiger partial charge in [-0.15, -0.1) is 0 Å². The summed E-state index contributed by atoms with van der Waals surface area (Å²) in [6.45, 7) is 4.29.